The van der Waals surface area contributed by atoms with Gasteiger partial charge in [0.15, 0.2) is 11.5 Å². The Kier molecular flexibility index (Phi) is 8.79. The molecular formula is C22H23ClN2O4. The van der Waals surface area contributed by atoms with Crippen LogP contribution in [0.25, 0.3) is 0 Å². The standard InChI is InChI=1S/C22H23ClN2O4/c1-4-11-28-19-10-8-18(23)13-17(19)15-24-25-22(26)16-7-9-20(29-12-5-2)21(14-16)27-6-3/h4-5,7-10,13-15H,1-2,6,11-12H2,3H3,(H,25,26)/b24-15+. The van der Waals surface area contributed by atoms with Gasteiger partial charge in [0.25, 0.3) is 5.91 Å². The molecule has 0 fully saturated rings. The van der Waals surface area contributed by atoms with Crippen LogP contribution >= 0.6 is 11.6 Å². The molecule has 0 atom stereocenters. The molecule has 152 valence electrons. The van der Waals surface area contributed by atoms with Gasteiger partial charge in [-0.05, 0) is 43.3 Å². The van der Waals surface area contributed by atoms with Crippen molar-refractivity contribution in [3.05, 3.63) is 77.9 Å². The quantitative estimate of drug-likeness (QED) is 0.330. The summed E-state index contributed by atoms with van der Waals surface area (Å²) >= 11 is 6.03. The second-order valence-electron chi connectivity index (χ2n) is 5.68. The van der Waals surface area contributed by atoms with Crippen molar-refractivity contribution in [2.45, 2.75) is 6.92 Å². The highest BCUT2D eigenvalue weighted by Gasteiger charge is 2.11. The fourth-order valence-corrected chi connectivity index (χ4v) is 2.49. The molecular weight excluding hydrogens is 392 g/mol. The Hall–Kier alpha value is -3.25. The minimum absolute atomic E-state index is 0.339. The highest BCUT2D eigenvalue weighted by atomic mass is 35.5. The van der Waals surface area contributed by atoms with Crippen LogP contribution in [0.3, 0.4) is 0 Å². The average molecular weight is 415 g/mol. The zero-order valence-corrected chi connectivity index (χ0v) is 16.9. The summed E-state index contributed by atoms with van der Waals surface area (Å²) in [5.41, 5.74) is 3.49. The molecule has 0 heterocycles. The van der Waals surface area contributed by atoms with E-state index in [1.54, 1.807) is 48.6 Å². The molecule has 7 heteroatoms. The first-order valence-corrected chi connectivity index (χ1v) is 9.34. The summed E-state index contributed by atoms with van der Waals surface area (Å²) in [5.74, 6) is 1.19. The lowest BCUT2D eigenvalue weighted by molar-refractivity contribution is 0.0954. The van der Waals surface area contributed by atoms with Crippen molar-refractivity contribution in [2.24, 2.45) is 5.10 Å². The maximum absolute atomic E-state index is 12.4. The van der Waals surface area contributed by atoms with Gasteiger partial charge in [-0.15, -0.1) is 0 Å². The second-order valence-corrected chi connectivity index (χ2v) is 6.11. The van der Waals surface area contributed by atoms with Crippen LogP contribution in [0.4, 0.5) is 0 Å². The van der Waals surface area contributed by atoms with Gasteiger partial charge in [-0.2, -0.15) is 5.10 Å². The maximum atomic E-state index is 12.4. The minimum Gasteiger partial charge on any atom is -0.490 e. The highest BCUT2D eigenvalue weighted by molar-refractivity contribution is 6.30. The molecule has 0 saturated heterocycles. The molecule has 0 unspecified atom stereocenters. The molecule has 29 heavy (non-hydrogen) atoms. The number of hydrogen-bond donors (Lipinski definition) is 1. The number of nitrogens with one attached hydrogen (secondary N) is 1. The number of carbonyl (C=O) groups is 1. The van der Waals surface area contributed by atoms with Gasteiger partial charge >= 0.3 is 0 Å². The van der Waals surface area contributed by atoms with Crippen molar-refractivity contribution in [1.29, 1.82) is 0 Å². The van der Waals surface area contributed by atoms with Gasteiger partial charge < -0.3 is 14.2 Å². The van der Waals surface area contributed by atoms with E-state index in [2.05, 4.69) is 23.7 Å². The van der Waals surface area contributed by atoms with Crippen molar-refractivity contribution in [1.82, 2.24) is 5.43 Å². The van der Waals surface area contributed by atoms with Crippen molar-refractivity contribution in [3.63, 3.8) is 0 Å². The van der Waals surface area contributed by atoms with Crippen LogP contribution in [-0.4, -0.2) is 31.9 Å². The molecule has 0 aliphatic carbocycles. The first kappa shape index (κ1) is 22.0. The topological polar surface area (TPSA) is 69.2 Å². The average Bonchev–Trinajstić information content (AvgIpc) is 2.72. The third kappa shape index (κ3) is 6.69. The van der Waals surface area contributed by atoms with Crippen LogP contribution < -0.4 is 19.6 Å². The van der Waals surface area contributed by atoms with Gasteiger partial charge in [0.05, 0.1) is 12.8 Å². The number of amides is 1. The Morgan fingerprint density at radius 1 is 1.03 bits per heavy atom. The molecule has 0 aromatic heterocycles. The summed E-state index contributed by atoms with van der Waals surface area (Å²) in [7, 11) is 0. The van der Waals surface area contributed by atoms with Gasteiger partial charge in [-0.1, -0.05) is 36.9 Å². The monoisotopic (exact) mass is 414 g/mol. The van der Waals surface area contributed by atoms with E-state index in [0.29, 0.717) is 53.2 Å². The van der Waals surface area contributed by atoms with Gasteiger partial charge in [0.2, 0.25) is 0 Å². The van der Waals surface area contributed by atoms with E-state index in [1.807, 2.05) is 6.92 Å². The van der Waals surface area contributed by atoms with Crippen molar-refractivity contribution in [3.8, 4) is 17.2 Å². The first-order chi connectivity index (χ1) is 14.1. The number of rotatable bonds is 11. The molecule has 0 bridgehead atoms. The third-order valence-electron chi connectivity index (χ3n) is 3.56. The summed E-state index contributed by atoms with van der Waals surface area (Å²) in [4.78, 5) is 12.4. The van der Waals surface area contributed by atoms with Gasteiger partial charge in [-0.25, -0.2) is 5.43 Å². The van der Waals surface area contributed by atoms with Crippen LogP contribution in [0.1, 0.15) is 22.8 Å². The summed E-state index contributed by atoms with van der Waals surface area (Å²) in [5, 5.41) is 4.53. The van der Waals surface area contributed by atoms with E-state index < -0.39 is 5.91 Å². The molecule has 1 N–H and O–H groups in total. The van der Waals surface area contributed by atoms with Crippen LogP contribution in [0, 0.1) is 0 Å². The molecule has 0 radical (unpaired) electrons. The summed E-state index contributed by atoms with van der Waals surface area (Å²) < 4.78 is 16.6. The zero-order chi connectivity index (χ0) is 21.1. The highest BCUT2D eigenvalue weighted by Crippen LogP contribution is 2.28. The fourth-order valence-electron chi connectivity index (χ4n) is 2.31. The van der Waals surface area contributed by atoms with Crippen molar-refractivity contribution in [2.75, 3.05) is 19.8 Å². The zero-order valence-electron chi connectivity index (χ0n) is 16.2. The largest absolute Gasteiger partial charge is 0.490 e. The number of halogens is 1. The van der Waals surface area contributed by atoms with E-state index in [-0.39, 0.29) is 0 Å². The number of nitrogens with zero attached hydrogens (tertiary/aromatic N) is 1. The Morgan fingerprint density at radius 3 is 2.41 bits per heavy atom. The molecule has 2 aromatic rings. The van der Waals surface area contributed by atoms with E-state index in [4.69, 9.17) is 25.8 Å². The number of benzene rings is 2. The minimum atomic E-state index is -0.395. The van der Waals surface area contributed by atoms with E-state index in [9.17, 15) is 4.79 Å². The van der Waals surface area contributed by atoms with Crippen molar-refractivity contribution >= 4 is 23.7 Å². The smallest absolute Gasteiger partial charge is 0.271 e. The molecule has 0 aliphatic heterocycles. The second kappa shape index (κ2) is 11.6. The van der Waals surface area contributed by atoms with Crippen molar-refractivity contribution < 1.29 is 19.0 Å². The van der Waals surface area contributed by atoms with E-state index in [0.717, 1.165) is 0 Å². The Balaban J connectivity index is 2.12. The lowest BCUT2D eigenvalue weighted by atomic mass is 10.2. The summed E-state index contributed by atoms with van der Waals surface area (Å²) in [6.07, 6.45) is 4.73. The maximum Gasteiger partial charge on any atom is 0.271 e. The first-order valence-electron chi connectivity index (χ1n) is 8.96. The summed E-state index contributed by atoms with van der Waals surface area (Å²) in [6, 6.07) is 10.0. The number of hydrogen-bond acceptors (Lipinski definition) is 5. The Morgan fingerprint density at radius 2 is 1.72 bits per heavy atom. The SMILES string of the molecule is C=CCOc1ccc(Cl)cc1/C=N/NC(=O)c1ccc(OCC=C)c(OCC)c1. The molecule has 0 aliphatic rings. The van der Waals surface area contributed by atoms with E-state index in [1.165, 1.54) is 6.21 Å². The van der Waals surface area contributed by atoms with Crippen LogP contribution in [0.2, 0.25) is 5.02 Å². The Labute approximate surface area is 175 Å². The third-order valence-corrected chi connectivity index (χ3v) is 3.80. The molecule has 0 saturated carbocycles. The van der Waals surface area contributed by atoms with Crippen LogP contribution in [0.5, 0.6) is 17.2 Å². The Bertz CT molecular complexity index is 896. The van der Waals surface area contributed by atoms with Crippen LogP contribution in [-0.2, 0) is 0 Å². The van der Waals surface area contributed by atoms with Gasteiger partial charge in [0.1, 0.15) is 19.0 Å². The molecule has 2 aromatic carbocycles. The van der Waals surface area contributed by atoms with Gasteiger partial charge in [-0.3, -0.25) is 4.79 Å². The lowest BCUT2D eigenvalue weighted by Crippen LogP contribution is -2.18. The van der Waals surface area contributed by atoms with Gasteiger partial charge in [0, 0.05) is 16.1 Å². The molecule has 6 nitrogen and oxygen atoms in total. The van der Waals surface area contributed by atoms with E-state index >= 15 is 0 Å². The summed E-state index contributed by atoms with van der Waals surface area (Å²) in [6.45, 7) is 10.2. The fraction of sp³-hybridized carbons (Fsp3) is 0.182. The lowest BCUT2D eigenvalue weighted by Gasteiger charge is -2.12. The predicted molar refractivity (Wildman–Crippen MR) is 116 cm³/mol. The number of ether oxygens (including phenoxy) is 3. The molecule has 2 rings (SSSR count). The van der Waals surface area contributed by atoms with Crippen LogP contribution in [0.15, 0.2) is 66.8 Å². The predicted octanol–water partition coefficient (Wildman–Crippen LogP) is 4.63. The number of carbonyl (C=O) groups excluding carboxylic acids is 1. The molecule has 1 amide bonds. The number of hydrazone groups is 1. The molecule has 0 spiro atoms. The normalized spacial score (nSPS) is 10.4.